The van der Waals surface area contributed by atoms with Gasteiger partial charge in [-0.25, -0.2) is 8.42 Å². The van der Waals surface area contributed by atoms with Gasteiger partial charge < -0.3 is 5.32 Å². The van der Waals surface area contributed by atoms with Crippen molar-refractivity contribution >= 4 is 43.2 Å². The van der Waals surface area contributed by atoms with Crippen LogP contribution in [0.25, 0.3) is 0 Å². The molecule has 0 atom stereocenters. The average Bonchev–Trinajstić information content (AvgIpc) is 2.68. The number of hydrogen-bond acceptors (Lipinski definition) is 3. The van der Waals surface area contributed by atoms with Crippen LogP contribution in [-0.4, -0.2) is 14.3 Å². The molecule has 3 aromatic carbocycles. The van der Waals surface area contributed by atoms with E-state index in [0.717, 1.165) is 15.6 Å². The summed E-state index contributed by atoms with van der Waals surface area (Å²) in [5.41, 5.74) is 4.28. The maximum Gasteiger partial charge on any atom is 0.262 e. The summed E-state index contributed by atoms with van der Waals surface area (Å²) in [4.78, 5) is 13.1. The first kappa shape index (κ1) is 22.1. The van der Waals surface area contributed by atoms with Gasteiger partial charge in [0.15, 0.2) is 0 Å². The van der Waals surface area contributed by atoms with Gasteiger partial charge in [0.25, 0.3) is 15.9 Å². The Labute approximate surface area is 185 Å². The average molecular weight is 487 g/mol. The maximum atomic E-state index is 13.3. The van der Waals surface area contributed by atoms with E-state index in [2.05, 4.69) is 26.0 Å². The topological polar surface area (TPSA) is 75.3 Å². The Morgan fingerprint density at radius 1 is 0.867 bits per heavy atom. The third kappa shape index (κ3) is 4.57. The highest BCUT2D eigenvalue weighted by atomic mass is 79.9. The Hall–Kier alpha value is -2.64. The van der Waals surface area contributed by atoms with Crippen molar-refractivity contribution in [2.75, 3.05) is 10.0 Å². The number of aryl methyl sites for hydroxylation is 2. The standard InChI is InChI=1S/C23H23BrN2O3S/c1-14-13-15(2)17(4)22(16(14)3)30(28,29)26-21-8-6-5-7-20(21)23(27)25-19-11-9-18(24)10-12-19/h5-13,26H,1-4H3,(H,25,27). The number of amides is 1. The molecule has 0 heterocycles. The van der Waals surface area contributed by atoms with Gasteiger partial charge in [-0.3, -0.25) is 9.52 Å². The summed E-state index contributed by atoms with van der Waals surface area (Å²) in [6.07, 6.45) is 0. The summed E-state index contributed by atoms with van der Waals surface area (Å²) < 4.78 is 30.1. The molecule has 156 valence electrons. The van der Waals surface area contributed by atoms with Crippen LogP contribution in [0.1, 0.15) is 32.6 Å². The first-order valence-corrected chi connectivity index (χ1v) is 11.6. The normalized spacial score (nSPS) is 11.2. The van der Waals surface area contributed by atoms with E-state index in [1.54, 1.807) is 50.2 Å². The number of benzene rings is 3. The summed E-state index contributed by atoms with van der Waals surface area (Å²) in [6.45, 7) is 7.37. The van der Waals surface area contributed by atoms with Crippen LogP contribution in [0, 0.1) is 27.7 Å². The number of anilines is 2. The monoisotopic (exact) mass is 486 g/mol. The second kappa shape index (κ2) is 8.62. The van der Waals surface area contributed by atoms with Gasteiger partial charge >= 0.3 is 0 Å². The van der Waals surface area contributed by atoms with Crippen LogP contribution in [-0.2, 0) is 10.0 Å². The predicted molar refractivity (Wildman–Crippen MR) is 125 cm³/mol. The van der Waals surface area contributed by atoms with Gasteiger partial charge in [-0.05, 0) is 86.3 Å². The maximum absolute atomic E-state index is 13.3. The molecule has 3 aromatic rings. The summed E-state index contributed by atoms with van der Waals surface area (Å²) in [5, 5.41) is 2.80. The molecule has 30 heavy (non-hydrogen) atoms. The molecule has 0 aliphatic rings. The van der Waals surface area contributed by atoms with Crippen LogP contribution in [0.5, 0.6) is 0 Å². The van der Waals surface area contributed by atoms with E-state index in [1.165, 1.54) is 0 Å². The molecule has 0 saturated carbocycles. The molecule has 0 fully saturated rings. The van der Waals surface area contributed by atoms with E-state index in [1.807, 2.05) is 32.0 Å². The summed E-state index contributed by atoms with van der Waals surface area (Å²) in [5.74, 6) is -0.399. The minimum Gasteiger partial charge on any atom is -0.322 e. The first-order valence-electron chi connectivity index (χ1n) is 9.36. The van der Waals surface area contributed by atoms with Gasteiger partial charge in [-0.2, -0.15) is 0 Å². The van der Waals surface area contributed by atoms with E-state index < -0.39 is 15.9 Å². The number of rotatable bonds is 5. The van der Waals surface area contributed by atoms with Crippen LogP contribution >= 0.6 is 15.9 Å². The fourth-order valence-corrected chi connectivity index (χ4v) is 5.24. The van der Waals surface area contributed by atoms with Gasteiger partial charge in [0.2, 0.25) is 0 Å². The fraction of sp³-hybridized carbons (Fsp3) is 0.174. The predicted octanol–water partition coefficient (Wildman–Crippen LogP) is 5.74. The number of carbonyl (C=O) groups is 1. The van der Waals surface area contributed by atoms with Crippen LogP contribution in [0.4, 0.5) is 11.4 Å². The highest BCUT2D eigenvalue weighted by molar-refractivity contribution is 9.10. The molecule has 0 radical (unpaired) electrons. The van der Waals surface area contributed by atoms with Crippen molar-refractivity contribution in [3.8, 4) is 0 Å². The van der Waals surface area contributed by atoms with Crippen molar-refractivity contribution in [1.82, 2.24) is 0 Å². The van der Waals surface area contributed by atoms with Crippen LogP contribution in [0.15, 0.2) is 64.0 Å². The molecular formula is C23H23BrN2O3S. The van der Waals surface area contributed by atoms with Crippen molar-refractivity contribution < 1.29 is 13.2 Å². The zero-order chi connectivity index (χ0) is 22.1. The fourth-order valence-electron chi connectivity index (χ4n) is 3.28. The largest absolute Gasteiger partial charge is 0.322 e. The molecule has 0 aromatic heterocycles. The zero-order valence-electron chi connectivity index (χ0n) is 17.2. The van der Waals surface area contributed by atoms with Gasteiger partial charge in [-0.1, -0.05) is 34.1 Å². The lowest BCUT2D eigenvalue weighted by Crippen LogP contribution is -2.20. The summed E-state index contributed by atoms with van der Waals surface area (Å²) in [6, 6.07) is 15.7. The van der Waals surface area contributed by atoms with E-state index >= 15 is 0 Å². The van der Waals surface area contributed by atoms with Gasteiger partial charge in [0.05, 0.1) is 16.1 Å². The van der Waals surface area contributed by atoms with E-state index in [-0.39, 0.29) is 16.1 Å². The third-order valence-corrected chi connectivity index (χ3v) is 7.25. The molecule has 2 N–H and O–H groups in total. The lowest BCUT2D eigenvalue weighted by Gasteiger charge is -2.18. The lowest BCUT2D eigenvalue weighted by atomic mass is 10.0. The quantitative estimate of drug-likeness (QED) is 0.482. The minimum atomic E-state index is -3.89. The van der Waals surface area contributed by atoms with Gasteiger partial charge in [-0.15, -0.1) is 0 Å². The van der Waals surface area contributed by atoms with E-state index in [0.29, 0.717) is 16.8 Å². The Bertz CT molecular complexity index is 1190. The van der Waals surface area contributed by atoms with Crippen molar-refractivity contribution in [3.63, 3.8) is 0 Å². The molecule has 0 spiro atoms. The Morgan fingerprint density at radius 3 is 2.03 bits per heavy atom. The van der Waals surface area contributed by atoms with Crippen LogP contribution < -0.4 is 10.0 Å². The van der Waals surface area contributed by atoms with Crippen molar-refractivity contribution in [2.24, 2.45) is 0 Å². The third-order valence-electron chi connectivity index (χ3n) is 5.08. The molecule has 5 nitrogen and oxygen atoms in total. The number of para-hydroxylation sites is 1. The highest BCUT2D eigenvalue weighted by Gasteiger charge is 2.24. The van der Waals surface area contributed by atoms with E-state index in [4.69, 9.17) is 0 Å². The summed E-state index contributed by atoms with van der Waals surface area (Å²) >= 11 is 3.36. The Morgan fingerprint density at radius 2 is 1.43 bits per heavy atom. The smallest absolute Gasteiger partial charge is 0.262 e. The first-order chi connectivity index (χ1) is 14.1. The Balaban J connectivity index is 1.97. The number of carbonyl (C=O) groups excluding carboxylic acids is 1. The van der Waals surface area contributed by atoms with Crippen LogP contribution in [0.3, 0.4) is 0 Å². The number of halogens is 1. The molecule has 1 amide bonds. The van der Waals surface area contributed by atoms with Crippen molar-refractivity contribution in [3.05, 3.63) is 86.9 Å². The Kier molecular flexibility index (Phi) is 6.33. The number of sulfonamides is 1. The summed E-state index contributed by atoms with van der Waals surface area (Å²) in [7, 11) is -3.89. The molecule has 0 unspecified atom stereocenters. The second-order valence-corrected chi connectivity index (χ2v) is 9.74. The molecule has 0 aliphatic carbocycles. The zero-order valence-corrected chi connectivity index (χ0v) is 19.6. The molecular weight excluding hydrogens is 464 g/mol. The van der Waals surface area contributed by atoms with Crippen molar-refractivity contribution in [2.45, 2.75) is 32.6 Å². The molecule has 7 heteroatoms. The minimum absolute atomic E-state index is 0.227. The van der Waals surface area contributed by atoms with Gasteiger partial charge in [0, 0.05) is 10.2 Å². The number of nitrogens with one attached hydrogen (secondary N) is 2. The number of hydrogen-bond donors (Lipinski definition) is 2. The van der Waals surface area contributed by atoms with Crippen molar-refractivity contribution in [1.29, 1.82) is 0 Å². The van der Waals surface area contributed by atoms with Gasteiger partial charge in [0.1, 0.15) is 0 Å². The lowest BCUT2D eigenvalue weighted by molar-refractivity contribution is 0.102. The van der Waals surface area contributed by atoms with E-state index in [9.17, 15) is 13.2 Å². The molecule has 0 bridgehead atoms. The van der Waals surface area contributed by atoms with Crippen LogP contribution in [0.2, 0.25) is 0 Å². The molecule has 3 rings (SSSR count). The SMILES string of the molecule is Cc1cc(C)c(C)c(S(=O)(=O)Nc2ccccc2C(=O)Nc2ccc(Br)cc2)c1C. The molecule has 0 aliphatic heterocycles. The molecule has 0 saturated heterocycles. The second-order valence-electron chi connectivity index (χ2n) is 7.20. The highest BCUT2D eigenvalue weighted by Crippen LogP contribution is 2.29.